The number of carbonyl (C=O) groups is 2. The van der Waals surface area contributed by atoms with E-state index in [4.69, 9.17) is 0 Å². The lowest BCUT2D eigenvalue weighted by Gasteiger charge is -2.32. The highest BCUT2D eigenvalue weighted by atomic mass is 32.2. The summed E-state index contributed by atoms with van der Waals surface area (Å²) in [4.78, 5) is 26.7. The summed E-state index contributed by atoms with van der Waals surface area (Å²) in [5.74, 6) is -3.05. The van der Waals surface area contributed by atoms with Gasteiger partial charge in [0, 0.05) is 12.1 Å². The number of para-hydroxylation sites is 1. The number of carbonyl (C=O) groups excluding carboxylic acids is 2. The van der Waals surface area contributed by atoms with Crippen molar-refractivity contribution in [2.24, 2.45) is 5.41 Å². The molecule has 0 spiro atoms. The van der Waals surface area contributed by atoms with Crippen molar-refractivity contribution in [3.8, 4) is 22.9 Å². The van der Waals surface area contributed by atoms with Crippen molar-refractivity contribution in [1.82, 2.24) is 10.2 Å². The van der Waals surface area contributed by atoms with Gasteiger partial charge in [0.2, 0.25) is 11.8 Å². The van der Waals surface area contributed by atoms with E-state index in [1.54, 1.807) is 6.07 Å². The Balaban J connectivity index is 1.34. The van der Waals surface area contributed by atoms with Crippen LogP contribution in [-0.2, 0) is 19.4 Å². The van der Waals surface area contributed by atoms with Gasteiger partial charge in [0.1, 0.15) is 16.7 Å². The maximum Gasteiger partial charge on any atom is 0.573 e. The largest absolute Gasteiger partial charge is 0.573 e. The summed E-state index contributed by atoms with van der Waals surface area (Å²) in [7, 11) is -4.13. The van der Waals surface area contributed by atoms with Crippen LogP contribution in [0, 0.1) is 16.7 Å². The zero-order valence-corrected chi connectivity index (χ0v) is 22.4. The first kappa shape index (κ1) is 29.8. The Labute approximate surface area is 236 Å². The first-order valence-corrected chi connectivity index (χ1v) is 14.4. The van der Waals surface area contributed by atoms with Crippen molar-refractivity contribution in [2.75, 3.05) is 6.54 Å². The van der Waals surface area contributed by atoms with Crippen LogP contribution in [0.1, 0.15) is 32.1 Å². The predicted octanol–water partition coefficient (Wildman–Crippen LogP) is 4.51. The van der Waals surface area contributed by atoms with Crippen molar-refractivity contribution in [3.63, 3.8) is 0 Å². The maximum absolute atomic E-state index is 13.7. The van der Waals surface area contributed by atoms with Crippen LogP contribution in [0.4, 0.5) is 26.3 Å². The van der Waals surface area contributed by atoms with Crippen LogP contribution >= 0.6 is 0 Å². The van der Waals surface area contributed by atoms with Gasteiger partial charge in [-0.25, -0.2) is 8.42 Å². The molecule has 0 bridgehead atoms. The van der Waals surface area contributed by atoms with Crippen LogP contribution in [0.2, 0.25) is 0 Å². The zero-order chi connectivity index (χ0) is 30.7. The molecule has 1 aliphatic heterocycles. The van der Waals surface area contributed by atoms with E-state index in [0.717, 1.165) is 6.07 Å². The number of halogens is 6. The Bertz CT molecular complexity index is 1560. The molecule has 2 amide bonds. The molecule has 3 aliphatic rings. The van der Waals surface area contributed by atoms with E-state index in [2.05, 4.69) is 10.1 Å². The normalized spacial score (nSPS) is 22.6. The minimum Gasteiger partial charge on any atom is -0.405 e. The molecule has 0 radical (unpaired) electrons. The van der Waals surface area contributed by atoms with Crippen molar-refractivity contribution in [3.05, 3.63) is 48.5 Å². The number of amides is 2. The average molecular weight is 616 g/mol. The standard InChI is InChI=1S/C27H23F6N3O5S/c28-26(29,30)25(11-12-25)23(38)36(24(15-34)9-10-24)22(37)20-13-18(14-35-20)42(39,40)17-7-5-16(6-8-17)19-3-1-2-4-21(19)41-27(31,32)33/h1-8,18,20,35H,9-14H2/t18-,20+/m1/s1. The van der Waals surface area contributed by atoms with E-state index >= 15 is 0 Å². The third-order valence-electron chi connectivity index (χ3n) is 7.92. The highest BCUT2D eigenvalue weighted by Gasteiger charge is 2.72. The monoisotopic (exact) mass is 615 g/mol. The van der Waals surface area contributed by atoms with Gasteiger partial charge in [-0.2, -0.15) is 18.4 Å². The second-order valence-electron chi connectivity index (χ2n) is 10.6. The van der Waals surface area contributed by atoms with Gasteiger partial charge in [0.05, 0.1) is 22.3 Å². The molecule has 2 aliphatic carbocycles. The number of ether oxygens (including phenoxy) is 1. The molecule has 2 atom stereocenters. The Morgan fingerprint density at radius 2 is 1.60 bits per heavy atom. The minimum absolute atomic E-state index is 0.0207. The van der Waals surface area contributed by atoms with E-state index in [-0.39, 0.29) is 41.8 Å². The highest BCUT2D eigenvalue weighted by molar-refractivity contribution is 7.92. The number of alkyl halides is 6. The van der Waals surface area contributed by atoms with E-state index < -0.39 is 75.0 Å². The van der Waals surface area contributed by atoms with Gasteiger partial charge >= 0.3 is 12.5 Å². The summed E-state index contributed by atoms with van der Waals surface area (Å²) in [6.07, 6.45) is -11.2. The van der Waals surface area contributed by atoms with E-state index in [0.29, 0.717) is 4.90 Å². The molecule has 1 saturated heterocycles. The molecule has 1 N–H and O–H groups in total. The Morgan fingerprint density at radius 3 is 2.12 bits per heavy atom. The van der Waals surface area contributed by atoms with Crippen LogP contribution < -0.4 is 10.1 Å². The highest BCUT2D eigenvalue weighted by Crippen LogP contribution is 2.60. The average Bonchev–Trinajstić information content (AvgIpc) is 3.84. The lowest BCUT2D eigenvalue weighted by atomic mass is 10.0. The van der Waals surface area contributed by atoms with Crippen molar-refractivity contribution < 1.29 is 49.1 Å². The number of hydrogen-bond acceptors (Lipinski definition) is 7. The van der Waals surface area contributed by atoms with Crippen LogP contribution in [0.3, 0.4) is 0 Å². The number of imide groups is 1. The van der Waals surface area contributed by atoms with Crippen molar-refractivity contribution in [1.29, 1.82) is 5.26 Å². The number of hydrogen-bond donors (Lipinski definition) is 1. The number of benzene rings is 2. The maximum atomic E-state index is 13.7. The lowest BCUT2D eigenvalue weighted by Crippen LogP contribution is -2.56. The molecule has 0 unspecified atom stereocenters. The number of rotatable bonds is 7. The van der Waals surface area contributed by atoms with Gasteiger partial charge in [-0.1, -0.05) is 30.3 Å². The summed E-state index contributed by atoms with van der Waals surface area (Å²) in [6.45, 7) is -0.255. The number of nitrogens with zero attached hydrogens (tertiary/aromatic N) is 2. The molecule has 2 saturated carbocycles. The summed E-state index contributed by atoms with van der Waals surface area (Å²) < 4.78 is 110. The van der Waals surface area contributed by atoms with Gasteiger partial charge in [-0.05, 0) is 55.9 Å². The molecular weight excluding hydrogens is 592 g/mol. The number of sulfone groups is 1. The molecular formula is C27H23F6N3O5S. The van der Waals surface area contributed by atoms with E-state index in [9.17, 15) is 49.6 Å². The molecule has 15 heteroatoms. The lowest BCUT2D eigenvalue weighted by molar-refractivity contribution is -0.274. The summed E-state index contributed by atoms with van der Waals surface area (Å²) in [5.41, 5.74) is -4.12. The quantitative estimate of drug-likeness (QED) is 0.360. The molecule has 2 aromatic carbocycles. The van der Waals surface area contributed by atoms with Gasteiger partial charge in [-0.3, -0.25) is 14.5 Å². The molecule has 0 aromatic heterocycles. The second-order valence-corrected chi connectivity index (χ2v) is 12.9. The van der Waals surface area contributed by atoms with Crippen LogP contribution in [0.15, 0.2) is 53.4 Å². The third-order valence-corrected chi connectivity index (χ3v) is 10.1. The summed E-state index contributed by atoms with van der Waals surface area (Å²) in [5, 5.41) is 11.1. The third kappa shape index (κ3) is 5.22. The van der Waals surface area contributed by atoms with Gasteiger partial charge in [0.25, 0.3) is 0 Å². The molecule has 8 nitrogen and oxygen atoms in total. The van der Waals surface area contributed by atoms with Crippen LogP contribution in [-0.4, -0.2) is 61.0 Å². The fourth-order valence-corrected chi connectivity index (χ4v) is 6.85. The molecule has 224 valence electrons. The van der Waals surface area contributed by atoms with Crippen molar-refractivity contribution >= 4 is 21.7 Å². The molecule has 2 aromatic rings. The molecule has 5 rings (SSSR count). The number of nitriles is 1. The topological polar surface area (TPSA) is 117 Å². The fraction of sp³-hybridized carbons (Fsp3) is 0.444. The summed E-state index contributed by atoms with van der Waals surface area (Å²) >= 11 is 0. The molecule has 42 heavy (non-hydrogen) atoms. The van der Waals surface area contributed by atoms with Crippen molar-refractivity contribution in [2.45, 2.75) is 66.4 Å². The van der Waals surface area contributed by atoms with Crippen LogP contribution in [0.25, 0.3) is 11.1 Å². The Morgan fingerprint density at radius 1 is 0.976 bits per heavy atom. The molecule has 1 heterocycles. The first-order valence-electron chi connectivity index (χ1n) is 12.8. The Kier molecular flexibility index (Phi) is 7.09. The first-order chi connectivity index (χ1) is 19.5. The zero-order valence-electron chi connectivity index (χ0n) is 21.6. The Hall–Kier alpha value is -3.64. The van der Waals surface area contributed by atoms with Gasteiger partial charge in [-0.15, -0.1) is 13.2 Å². The predicted molar refractivity (Wildman–Crippen MR) is 133 cm³/mol. The van der Waals surface area contributed by atoms with E-state index in [1.807, 2.05) is 0 Å². The fourth-order valence-electron chi connectivity index (χ4n) is 5.19. The van der Waals surface area contributed by atoms with E-state index in [1.165, 1.54) is 42.5 Å². The minimum atomic E-state index is -4.94. The SMILES string of the molecule is N#CC1(N(C(=O)[C@@H]2C[C@@H](S(=O)(=O)c3ccc(-c4ccccc4OC(F)(F)F)cc3)CN2)C(=O)C2(C(F)(F)F)CC2)CC1. The van der Waals surface area contributed by atoms with Gasteiger partial charge in [0.15, 0.2) is 9.84 Å². The summed E-state index contributed by atoms with van der Waals surface area (Å²) in [6, 6.07) is 10.8. The number of nitrogens with one attached hydrogen (secondary N) is 1. The smallest absolute Gasteiger partial charge is 0.405 e. The van der Waals surface area contributed by atoms with Crippen LogP contribution in [0.5, 0.6) is 5.75 Å². The second kappa shape index (κ2) is 9.98. The molecule has 3 fully saturated rings. The van der Waals surface area contributed by atoms with Gasteiger partial charge < -0.3 is 10.1 Å².